The van der Waals surface area contributed by atoms with E-state index in [2.05, 4.69) is 10.6 Å². The number of hydrogen-bond donors (Lipinski definition) is 3. The van der Waals surface area contributed by atoms with Gasteiger partial charge in [0.05, 0.1) is 13.2 Å². The van der Waals surface area contributed by atoms with Crippen LogP contribution in [0.2, 0.25) is 0 Å². The van der Waals surface area contributed by atoms with Gasteiger partial charge in [-0.05, 0) is 19.3 Å². The van der Waals surface area contributed by atoms with Crippen LogP contribution in [0.1, 0.15) is 19.3 Å². The second kappa shape index (κ2) is 6.76. The van der Waals surface area contributed by atoms with Gasteiger partial charge in [0.15, 0.2) is 0 Å². The normalized spacial score (nSPS) is 17.5. The van der Waals surface area contributed by atoms with Crippen molar-refractivity contribution in [2.45, 2.75) is 31.3 Å². The van der Waals surface area contributed by atoms with Gasteiger partial charge in [0.2, 0.25) is 5.91 Å². The Morgan fingerprint density at radius 1 is 1.60 bits per heavy atom. The first kappa shape index (κ1) is 12.4. The van der Waals surface area contributed by atoms with Gasteiger partial charge < -0.3 is 20.5 Å². The van der Waals surface area contributed by atoms with E-state index in [4.69, 9.17) is 9.84 Å². The molecule has 0 saturated heterocycles. The average Bonchev–Trinajstić information content (AvgIpc) is 2.99. The molecule has 1 aliphatic rings. The van der Waals surface area contributed by atoms with Crippen molar-refractivity contribution < 1.29 is 14.6 Å². The van der Waals surface area contributed by atoms with E-state index in [9.17, 15) is 4.79 Å². The Morgan fingerprint density at radius 3 is 2.87 bits per heavy atom. The first-order valence-corrected chi connectivity index (χ1v) is 5.38. The van der Waals surface area contributed by atoms with Gasteiger partial charge in [-0.25, -0.2) is 0 Å². The van der Waals surface area contributed by atoms with Crippen LogP contribution >= 0.6 is 0 Å². The predicted octanol–water partition coefficient (Wildman–Crippen LogP) is -0.748. The Morgan fingerprint density at radius 2 is 2.33 bits per heavy atom. The standard InChI is InChI=1S/C10H20N2O3/c1-15-7-9(4-5-13)11-6-10(14)12-8-2-3-8/h8-9,11,13H,2-7H2,1H3,(H,12,14). The highest BCUT2D eigenvalue weighted by molar-refractivity contribution is 5.78. The summed E-state index contributed by atoms with van der Waals surface area (Å²) in [6.07, 6.45) is 2.80. The minimum Gasteiger partial charge on any atom is -0.396 e. The second-order valence-electron chi connectivity index (χ2n) is 3.89. The number of amides is 1. The minimum atomic E-state index is 0.0246. The summed E-state index contributed by atoms with van der Waals surface area (Å²) in [5, 5.41) is 14.7. The van der Waals surface area contributed by atoms with E-state index >= 15 is 0 Å². The number of carbonyl (C=O) groups is 1. The van der Waals surface area contributed by atoms with E-state index in [-0.39, 0.29) is 18.6 Å². The molecule has 0 heterocycles. The van der Waals surface area contributed by atoms with Crippen molar-refractivity contribution >= 4 is 5.91 Å². The molecule has 1 rings (SSSR count). The van der Waals surface area contributed by atoms with E-state index in [1.165, 1.54) is 0 Å². The molecule has 0 aromatic heterocycles. The largest absolute Gasteiger partial charge is 0.396 e. The van der Waals surface area contributed by atoms with Crippen LogP contribution in [-0.4, -0.2) is 50.0 Å². The molecular weight excluding hydrogens is 196 g/mol. The summed E-state index contributed by atoms with van der Waals surface area (Å²) in [7, 11) is 1.61. The van der Waals surface area contributed by atoms with Crippen molar-refractivity contribution in [1.29, 1.82) is 0 Å². The summed E-state index contributed by atoms with van der Waals surface area (Å²) in [5.74, 6) is 0.0246. The highest BCUT2D eigenvalue weighted by Crippen LogP contribution is 2.18. The van der Waals surface area contributed by atoms with Crippen LogP contribution in [0.4, 0.5) is 0 Å². The molecule has 3 N–H and O–H groups in total. The van der Waals surface area contributed by atoms with Gasteiger partial charge in [-0.15, -0.1) is 0 Å². The van der Waals surface area contributed by atoms with Gasteiger partial charge in [-0.2, -0.15) is 0 Å². The number of rotatable bonds is 8. The second-order valence-corrected chi connectivity index (χ2v) is 3.89. The molecule has 0 aliphatic heterocycles. The zero-order valence-electron chi connectivity index (χ0n) is 9.16. The summed E-state index contributed by atoms with van der Waals surface area (Å²) < 4.78 is 4.98. The summed E-state index contributed by atoms with van der Waals surface area (Å²) >= 11 is 0. The van der Waals surface area contributed by atoms with Crippen LogP contribution in [-0.2, 0) is 9.53 Å². The predicted molar refractivity (Wildman–Crippen MR) is 56.5 cm³/mol. The fraction of sp³-hybridized carbons (Fsp3) is 0.900. The topological polar surface area (TPSA) is 70.6 Å². The van der Waals surface area contributed by atoms with Crippen molar-refractivity contribution in [3.63, 3.8) is 0 Å². The summed E-state index contributed by atoms with van der Waals surface area (Å²) in [4.78, 5) is 11.3. The van der Waals surface area contributed by atoms with Crippen LogP contribution in [0.15, 0.2) is 0 Å². The van der Waals surface area contributed by atoms with Crippen molar-refractivity contribution in [2.24, 2.45) is 0 Å². The highest BCUT2D eigenvalue weighted by atomic mass is 16.5. The summed E-state index contributed by atoms with van der Waals surface area (Å²) in [5.41, 5.74) is 0. The molecule has 1 fully saturated rings. The maximum Gasteiger partial charge on any atom is 0.234 e. The molecule has 88 valence electrons. The SMILES string of the molecule is COCC(CCO)NCC(=O)NC1CC1. The number of ether oxygens (including phenoxy) is 1. The molecule has 15 heavy (non-hydrogen) atoms. The van der Waals surface area contributed by atoms with Crippen molar-refractivity contribution in [2.75, 3.05) is 26.9 Å². The Bertz CT molecular complexity index is 189. The lowest BCUT2D eigenvalue weighted by molar-refractivity contribution is -0.120. The molecule has 1 aliphatic carbocycles. The van der Waals surface area contributed by atoms with Crippen molar-refractivity contribution in [3.05, 3.63) is 0 Å². The fourth-order valence-electron chi connectivity index (χ4n) is 1.34. The van der Waals surface area contributed by atoms with Gasteiger partial charge in [0.25, 0.3) is 0 Å². The molecule has 0 aromatic carbocycles. The number of aliphatic hydroxyl groups excluding tert-OH is 1. The molecule has 0 spiro atoms. The van der Waals surface area contributed by atoms with Crippen LogP contribution in [0, 0.1) is 0 Å². The molecular formula is C10H20N2O3. The number of carbonyl (C=O) groups excluding carboxylic acids is 1. The first-order valence-electron chi connectivity index (χ1n) is 5.38. The number of nitrogens with one attached hydrogen (secondary N) is 2. The quantitative estimate of drug-likeness (QED) is 0.499. The molecule has 0 aromatic rings. The van der Waals surface area contributed by atoms with Crippen LogP contribution < -0.4 is 10.6 Å². The maximum absolute atomic E-state index is 11.3. The van der Waals surface area contributed by atoms with E-state index in [1.807, 2.05) is 0 Å². The third kappa shape index (κ3) is 5.71. The van der Waals surface area contributed by atoms with Gasteiger partial charge in [0.1, 0.15) is 0 Å². The molecule has 0 radical (unpaired) electrons. The third-order valence-electron chi connectivity index (χ3n) is 2.34. The van der Waals surface area contributed by atoms with E-state index < -0.39 is 0 Å². The van der Waals surface area contributed by atoms with Gasteiger partial charge in [-0.3, -0.25) is 4.79 Å². The van der Waals surface area contributed by atoms with E-state index in [0.29, 0.717) is 25.6 Å². The average molecular weight is 216 g/mol. The Kier molecular flexibility index (Phi) is 5.60. The van der Waals surface area contributed by atoms with Gasteiger partial charge in [-0.1, -0.05) is 0 Å². The Labute approximate surface area is 90.2 Å². The fourth-order valence-corrected chi connectivity index (χ4v) is 1.34. The zero-order valence-corrected chi connectivity index (χ0v) is 9.16. The first-order chi connectivity index (χ1) is 7.26. The number of aliphatic hydroxyl groups is 1. The van der Waals surface area contributed by atoms with E-state index in [1.54, 1.807) is 7.11 Å². The van der Waals surface area contributed by atoms with Crippen molar-refractivity contribution in [1.82, 2.24) is 10.6 Å². The van der Waals surface area contributed by atoms with Crippen LogP contribution in [0.5, 0.6) is 0 Å². The zero-order chi connectivity index (χ0) is 11.1. The molecule has 1 unspecified atom stereocenters. The minimum absolute atomic E-state index is 0.0246. The lowest BCUT2D eigenvalue weighted by atomic mass is 10.2. The van der Waals surface area contributed by atoms with Gasteiger partial charge >= 0.3 is 0 Å². The Hall–Kier alpha value is -0.650. The number of hydrogen-bond acceptors (Lipinski definition) is 4. The molecule has 5 heteroatoms. The van der Waals surface area contributed by atoms with Gasteiger partial charge in [0, 0.05) is 25.8 Å². The Balaban J connectivity index is 2.10. The smallest absolute Gasteiger partial charge is 0.234 e. The summed E-state index contributed by atoms with van der Waals surface area (Å²) in [6.45, 7) is 0.910. The monoisotopic (exact) mass is 216 g/mol. The number of methoxy groups -OCH3 is 1. The van der Waals surface area contributed by atoms with Crippen LogP contribution in [0.25, 0.3) is 0 Å². The lowest BCUT2D eigenvalue weighted by Gasteiger charge is -2.16. The van der Waals surface area contributed by atoms with Crippen LogP contribution in [0.3, 0.4) is 0 Å². The van der Waals surface area contributed by atoms with E-state index in [0.717, 1.165) is 12.8 Å². The third-order valence-corrected chi connectivity index (χ3v) is 2.34. The summed E-state index contributed by atoms with van der Waals surface area (Å²) in [6, 6.07) is 0.447. The highest BCUT2D eigenvalue weighted by Gasteiger charge is 2.23. The molecule has 1 saturated carbocycles. The van der Waals surface area contributed by atoms with Crippen molar-refractivity contribution in [3.8, 4) is 0 Å². The molecule has 5 nitrogen and oxygen atoms in total. The molecule has 1 amide bonds. The lowest BCUT2D eigenvalue weighted by Crippen LogP contribution is -2.42. The molecule has 0 bridgehead atoms. The molecule has 1 atom stereocenters. The maximum atomic E-state index is 11.3.